The van der Waals surface area contributed by atoms with E-state index in [0.717, 1.165) is 15.2 Å². The minimum atomic E-state index is -3.08. The summed E-state index contributed by atoms with van der Waals surface area (Å²) in [7, 11) is -1.35. The second-order valence-electron chi connectivity index (χ2n) is 6.00. The van der Waals surface area contributed by atoms with Gasteiger partial charge in [-0.15, -0.1) is 11.3 Å². The molecule has 0 saturated carbocycles. The smallest absolute Gasteiger partial charge is 0.253 e. The normalized spacial score (nSPS) is 11.6. The number of amides is 1. The molecule has 0 saturated heterocycles. The summed E-state index contributed by atoms with van der Waals surface area (Å²) >= 11 is 1.58. The van der Waals surface area contributed by atoms with Crippen molar-refractivity contribution in [3.63, 3.8) is 0 Å². The van der Waals surface area contributed by atoms with Crippen molar-refractivity contribution in [3.8, 4) is 0 Å². The van der Waals surface area contributed by atoms with Crippen molar-refractivity contribution in [2.45, 2.75) is 12.3 Å². The van der Waals surface area contributed by atoms with E-state index < -0.39 is 9.84 Å². The zero-order valence-corrected chi connectivity index (χ0v) is 15.6. The number of benzene rings is 2. The van der Waals surface area contributed by atoms with Gasteiger partial charge in [-0.05, 0) is 29.8 Å². The van der Waals surface area contributed by atoms with Crippen LogP contribution in [0.25, 0.3) is 10.2 Å². The molecule has 0 aliphatic carbocycles. The molecule has 0 aliphatic rings. The van der Waals surface area contributed by atoms with Gasteiger partial charge in [-0.3, -0.25) is 4.79 Å². The summed E-state index contributed by atoms with van der Waals surface area (Å²) in [6.45, 7) is 0.434. The van der Waals surface area contributed by atoms with Gasteiger partial charge in [0.25, 0.3) is 5.91 Å². The van der Waals surface area contributed by atoms with Gasteiger partial charge in [-0.2, -0.15) is 0 Å². The number of fused-ring (bicyclic) bond motifs is 1. The van der Waals surface area contributed by atoms with E-state index >= 15 is 0 Å². The van der Waals surface area contributed by atoms with Crippen LogP contribution in [0.4, 0.5) is 0 Å². The fraction of sp³-hybridized carbons (Fsp3) is 0.222. The summed E-state index contributed by atoms with van der Waals surface area (Å²) in [5, 5.41) is 0.880. The lowest BCUT2D eigenvalue weighted by molar-refractivity contribution is 0.0785. The van der Waals surface area contributed by atoms with Crippen LogP contribution in [0, 0.1) is 0 Å². The molecule has 0 radical (unpaired) electrons. The van der Waals surface area contributed by atoms with E-state index in [4.69, 9.17) is 0 Å². The molecular weight excluding hydrogens is 356 g/mol. The lowest BCUT2D eigenvalue weighted by atomic mass is 10.1. The Kier molecular flexibility index (Phi) is 4.87. The predicted octanol–water partition coefficient (Wildman–Crippen LogP) is 3.11. The number of thiazole rings is 1. The molecule has 1 heterocycles. The lowest BCUT2D eigenvalue weighted by Gasteiger charge is -2.15. The van der Waals surface area contributed by atoms with Crippen LogP contribution in [-0.2, 0) is 22.1 Å². The predicted molar refractivity (Wildman–Crippen MR) is 100 cm³/mol. The Labute approximate surface area is 150 Å². The first-order valence-electron chi connectivity index (χ1n) is 7.68. The number of sulfone groups is 1. The standard InChI is InChI=1S/C18H18N2O3S2/c1-20(11-17-19-15-5-3-4-6-16(15)24-17)18(21)14-9-7-13(8-10-14)12-25(2,22)23/h3-10H,11-12H2,1-2H3. The molecule has 5 nitrogen and oxygen atoms in total. The average Bonchev–Trinajstić information content (AvgIpc) is 2.95. The molecule has 0 unspecified atom stereocenters. The third kappa shape index (κ3) is 4.43. The molecular formula is C18H18N2O3S2. The van der Waals surface area contributed by atoms with E-state index in [1.165, 1.54) is 6.26 Å². The molecule has 3 rings (SSSR count). The topological polar surface area (TPSA) is 67.3 Å². The highest BCUT2D eigenvalue weighted by Crippen LogP contribution is 2.22. The molecule has 0 atom stereocenters. The quantitative estimate of drug-likeness (QED) is 0.688. The maximum Gasteiger partial charge on any atom is 0.253 e. The van der Waals surface area contributed by atoms with Gasteiger partial charge in [0.2, 0.25) is 0 Å². The molecule has 130 valence electrons. The molecule has 3 aromatic rings. The van der Waals surface area contributed by atoms with Crippen molar-refractivity contribution < 1.29 is 13.2 Å². The Bertz CT molecular complexity index is 975. The van der Waals surface area contributed by atoms with Crippen LogP contribution < -0.4 is 0 Å². The number of carbonyl (C=O) groups is 1. The van der Waals surface area contributed by atoms with Crippen molar-refractivity contribution in [1.82, 2.24) is 9.88 Å². The molecule has 0 aliphatic heterocycles. The van der Waals surface area contributed by atoms with Gasteiger partial charge in [0.1, 0.15) is 5.01 Å². The van der Waals surface area contributed by atoms with E-state index in [0.29, 0.717) is 17.7 Å². The fourth-order valence-corrected chi connectivity index (χ4v) is 4.35. The van der Waals surface area contributed by atoms with Crippen LogP contribution in [0.1, 0.15) is 20.9 Å². The van der Waals surface area contributed by atoms with Gasteiger partial charge in [0, 0.05) is 18.9 Å². The first-order valence-corrected chi connectivity index (χ1v) is 10.6. The largest absolute Gasteiger partial charge is 0.335 e. The summed E-state index contributed by atoms with van der Waals surface area (Å²) in [5.41, 5.74) is 2.14. The molecule has 25 heavy (non-hydrogen) atoms. The number of rotatable bonds is 5. The average molecular weight is 374 g/mol. The molecule has 0 spiro atoms. The molecule has 2 aromatic carbocycles. The Morgan fingerprint density at radius 2 is 1.80 bits per heavy atom. The highest BCUT2D eigenvalue weighted by Gasteiger charge is 2.14. The number of carbonyl (C=O) groups excluding carboxylic acids is 1. The monoisotopic (exact) mass is 374 g/mol. The van der Waals surface area contributed by atoms with Crippen molar-refractivity contribution in [2.75, 3.05) is 13.3 Å². The zero-order valence-electron chi connectivity index (χ0n) is 14.0. The third-order valence-electron chi connectivity index (χ3n) is 3.69. The zero-order chi connectivity index (χ0) is 18.0. The number of para-hydroxylation sites is 1. The van der Waals surface area contributed by atoms with Crippen LogP contribution in [0.3, 0.4) is 0 Å². The van der Waals surface area contributed by atoms with Gasteiger partial charge in [0.05, 0.1) is 22.5 Å². The van der Waals surface area contributed by atoms with Gasteiger partial charge in [-0.25, -0.2) is 13.4 Å². The molecule has 0 fully saturated rings. The van der Waals surface area contributed by atoms with Crippen LogP contribution in [0.5, 0.6) is 0 Å². The van der Waals surface area contributed by atoms with Crippen LogP contribution in [0.15, 0.2) is 48.5 Å². The molecule has 1 amide bonds. The van der Waals surface area contributed by atoms with Gasteiger partial charge < -0.3 is 4.90 Å². The van der Waals surface area contributed by atoms with Crippen LogP contribution >= 0.6 is 11.3 Å². The van der Waals surface area contributed by atoms with E-state index in [1.54, 1.807) is 47.5 Å². The second-order valence-corrected chi connectivity index (χ2v) is 9.26. The molecule has 0 N–H and O–H groups in total. The van der Waals surface area contributed by atoms with Crippen molar-refractivity contribution in [1.29, 1.82) is 0 Å². The highest BCUT2D eigenvalue weighted by atomic mass is 32.2. The van der Waals surface area contributed by atoms with Gasteiger partial charge >= 0.3 is 0 Å². The molecule has 0 bridgehead atoms. The SMILES string of the molecule is CN(Cc1nc2ccccc2s1)C(=O)c1ccc(CS(C)(=O)=O)cc1. The maximum absolute atomic E-state index is 12.5. The van der Waals surface area contributed by atoms with Crippen molar-refractivity contribution >= 4 is 37.3 Å². The second kappa shape index (κ2) is 6.93. The van der Waals surface area contributed by atoms with E-state index in [1.807, 2.05) is 24.3 Å². The van der Waals surface area contributed by atoms with E-state index in [-0.39, 0.29) is 11.7 Å². The summed E-state index contributed by atoms with van der Waals surface area (Å²) in [6.07, 6.45) is 1.19. The maximum atomic E-state index is 12.5. The number of aromatic nitrogens is 1. The highest BCUT2D eigenvalue weighted by molar-refractivity contribution is 7.89. The number of hydrogen-bond donors (Lipinski definition) is 0. The summed E-state index contributed by atoms with van der Waals surface area (Å²) in [5.74, 6) is -0.145. The van der Waals surface area contributed by atoms with Crippen molar-refractivity contribution in [2.24, 2.45) is 0 Å². The Hall–Kier alpha value is -2.25. The Morgan fingerprint density at radius 1 is 1.12 bits per heavy atom. The fourth-order valence-electron chi connectivity index (χ4n) is 2.53. The summed E-state index contributed by atoms with van der Waals surface area (Å²) in [6, 6.07) is 14.6. The summed E-state index contributed by atoms with van der Waals surface area (Å²) < 4.78 is 23.7. The van der Waals surface area contributed by atoms with Crippen LogP contribution in [0.2, 0.25) is 0 Å². The molecule has 7 heteroatoms. The Balaban J connectivity index is 1.71. The van der Waals surface area contributed by atoms with Gasteiger partial charge in [0.15, 0.2) is 9.84 Å². The number of hydrogen-bond acceptors (Lipinski definition) is 5. The Morgan fingerprint density at radius 3 is 2.44 bits per heavy atom. The van der Waals surface area contributed by atoms with Crippen molar-refractivity contribution in [3.05, 3.63) is 64.7 Å². The van der Waals surface area contributed by atoms with Gasteiger partial charge in [-0.1, -0.05) is 24.3 Å². The van der Waals surface area contributed by atoms with E-state index in [2.05, 4.69) is 4.98 Å². The first-order chi connectivity index (χ1) is 11.8. The summed E-state index contributed by atoms with van der Waals surface area (Å²) in [4.78, 5) is 18.7. The minimum Gasteiger partial charge on any atom is -0.335 e. The third-order valence-corrected chi connectivity index (χ3v) is 5.57. The van der Waals surface area contributed by atoms with E-state index in [9.17, 15) is 13.2 Å². The number of nitrogens with zero attached hydrogens (tertiary/aromatic N) is 2. The lowest BCUT2D eigenvalue weighted by Crippen LogP contribution is -2.26. The minimum absolute atomic E-state index is 0.0248. The molecule has 1 aromatic heterocycles. The van der Waals surface area contributed by atoms with Crippen LogP contribution in [-0.4, -0.2) is 37.5 Å². The first kappa shape index (κ1) is 17.6.